The molecule has 0 atom stereocenters. The molecule has 2 rings (SSSR count). The van der Waals surface area contributed by atoms with Gasteiger partial charge in [-0.1, -0.05) is 0 Å². The first-order valence-electron chi connectivity index (χ1n) is 7.04. The van der Waals surface area contributed by atoms with E-state index in [1.165, 1.54) is 0 Å². The van der Waals surface area contributed by atoms with Crippen LogP contribution in [0.25, 0.3) is 7.18 Å². The molecule has 0 nitrogen and oxygen atoms in total. The first kappa shape index (κ1) is 17.1. The summed E-state index contributed by atoms with van der Waals surface area (Å²) in [5.74, 6) is 0. The predicted molar refractivity (Wildman–Crippen MR) is 102 cm³/mol. The second kappa shape index (κ2) is 6.47. The summed E-state index contributed by atoms with van der Waals surface area (Å²) in [5, 5.41) is 4.47. The number of hydrogen-bond acceptors (Lipinski definition) is 2. The van der Waals surface area contributed by atoms with E-state index in [0.29, 0.717) is 0 Å². The van der Waals surface area contributed by atoms with Crippen molar-refractivity contribution in [1.82, 2.24) is 0 Å². The van der Waals surface area contributed by atoms with Gasteiger partial charge in [-0.15, -0.1) is 0 Å². The number of rotatable bonds is 4. The van der Waals surface area contributed by atoms with Crippen LogP contribution in [0.15, 0.2) is 35.0 Å². The molecule has 0 aliphatic rings. The van der Waals surface area contributed by atoms with Crippen LogP contribution in [0.4, 0.5) is 0 Å². The minimum absolute atomic E-state index is 1.54. The molecule has 0 bridgehead atoms. The van der Waals surface area contributed by atoms with Gasteiger partial charge in [0.2, 0.25) is 0 Å². The van der Waals surface area contributed by atoms with Gasteiger partial charge >= 0.3 is 141 Å². The first-order valence-corrected chi connectivity index (χ1v) is 28.8. The molecular formula is C16H24S2Sn2. The summed E-state index contributed by atoms with van der Waals surface area (Å²) in [6, 6.07) is 9.10. The molecule has 0 saturated heterocycles. The Morgan fingerprint density at radius 2 is 1.05 bits per heavy atom. The molecule has 0 aliphatic carbocycles. The van der Waals surface area contributed by atoms with E-state index in [1.54, 1.807) is 16.9 Å². The molecule has 108 valence electrons. The Morgan fingerprint density at radius 1 is 0.700 bits per heavy atom. The second-order valence-corrected chi connectivity index (χ2v) is 37.6. The average Bonchev–Trinajstić information content (AvgIpc) is 2.95. The van der Waals surface area contributed by atoms with Crippen molar-refractivity contribution in [3.63, 3.8) is 0 Å². The zero-order chi connectivity index (χ0) is 15.0. The average molecular weight is 518 g/mol. The Balaban J connectivity index is 2.79. The molecule has 0 spiro atoms. The summed E-state index contributed by atoms with van der Waals surface area (Å²) in [6.45, 7) is 0. The molecule has 4 heteroatoms. The van der Waals surface area contributed by atoms with Gasteiger partial charge in [-0.3, -0.25) is 0 Å². The number of thiophene rings is 2. The van der Waals surface area contributed by atoms with E-state index in [-0.39, 0.29) is 0 Å². The van der Waals surface area contributed by atoms with Crippen LogP contribution in [0.2, 0.25) is 29.6 Å². The maximum atomic E-state index is 2.56. The molecule has 0 unspecified atom stereocenters. The molecular weight excluding hydrogens is 494 g/mol. The van der Waals surface area contributed by atoms with Crippen molar-refractivity contribution in [1.29, 1.82) is 0 Å². The third-order valence-corrected chi connectivity index (χ3v) is 19.7. The molecule has 0 aromatic carbocycles. The Bertz CT molecular complexity index is 525. The summed E-state index contributed by atoms with van der Waals surface area (Å²) < 4.78 is 3.58. The third kappa shape index (κ3) is 3.93. The van der Waals surface area contributed by atoms with Crippen molar-refractivity contribution < 1.29 is 0 Å². The monoisotopic (exact) mass is 520 g/mol. The van der Waals surface area contributed by atoms with Crippen LogP contribution in [0, 0.1) is 0 Å². The van der Waals surface area contributed by atoms with Crippen molar-refractivity contribution in [2.45, 2.75) is 29.6 Å². The van der Waals surface area contributed by atoms with Crippen LogP contribution < -0.4 is 0 Å². The van der Waals surface area contributed by atoms with Crippen LogP contribution in [0.5, 0.6) is 0 Å². The van der Waals surface area contributed by atoms with Crippen molar-refractivity contribution in [3.8, 4) is 0 Å². The van der Waals surface area contributed by atoms with Crippen LogP contribution >= 0.6 is 22.7 Å². The van der Waals surface area contributed by atoms with Gasteiger partial charge in [0.15, 0.2) is 0 Å². The SMILES string of the molecule is [CH3][Sn]([CH3])([CH3])/[C](=[C](\c1cccs1)[Sn]([CH3])([CH3])[CH3])c1cccs1. The fraction of sp³-hybridized carbons (Fsp3) is 0.375. The van der Waals surface area contributed by atoms with Crippen molar-refractivity contribution >= 4 is 66.6 Å². The predicted octanol–water partition coefficient (Wildman–Crippen LogP) is 6.48. The minimum atomic E-state index is -2.17. The van der Waals surface area contributed by atoms with Crippen molar-refractivity contribution in [2.75, 3.05) is 0 Å². The first-order chi connectivity index (χ1) is 9.21. The molecule has 0 radical (unpaired) electrons. The summed E-state index contributed by atoms with van der Waals surface area (Å²) in [4.78, 5) is 18.5. The van der Waals surface area contributed by atoms with E-state index in [2.05, 4.69) is 64.7 Å². The van der Waals surface area contributed by atoms with E-state index in [0.717, 1.165) is 0 Å². The Hall–Kier alpha value is 0.737. The fourth-order valence-electron chi connectivity index (χ4n) is 2.58. The van der Waals surface area contributed by atoms with Gasteiger partial charge in [-0.25, -0.2) is 0 Å². The van der Waals surface area contributed by atoms with Crippen molar-refractivity contribution in [2.24, 2.45) is 0 Å². The van der Waals surface area contributed by atoms with Gasteiger partial charge in [-0.05, 0) is 0 Å². The van der Waals surface area contributed by atoms with Gasteiger partial charge in [-0.2, -0.15) is 0 Å². The van der Waals surface area contributed by atoms with Gasteiger partial charge in [0.05, 0.1) is 0 Å². The summed E-state index contributed by atoms with van der Waals surface area (Å²) in [7, 11) is 0. The molecule has 0 aliphatic heterocycles. The van der Waals surface area contributed by atoms with Gasteiger partial charge in [0, 0.05) is 0 Å². The second-order valence-electron chi connectivity index (χ2n) is 7.20. The molecule has 0 saturated carbocycles. The van der Waals surface area contributed by atoms with E-state index < -0.39 is 36.8 Å². The Labute approximate surface area is 139 Å². The maximum absolute atomic E-state index is 2.56. The molecule has 2 heterocycles. The molecule has 2 aromatic rings. The fourth-order valence-corrected chi connectivity index (χ4v) is 33.7. The Kier molecular flexibility index (Phi) is 5.53. The van der Waals surface area contributed by atoms with Crippen LogP contribution in [-0.2, 0) is 0 Å². The summed E-state index contributed by atoms with van der Waals surface area (Å²) in [6.07, 6.45) is 0. The molecule has 0 N–H and O–H groups in total. The normalized spacial score (nSPS) is 14.3. The zero-order valence-electron chi connectivity index (χ0n) is 13.3. The molecule has 2 aromatic heterocycles. The standard InChI is InChI=1S/C10H6S2.6CH3.2Sn/c1-3-9(11-7-1)5-6-10-4-2-8-12-10;;;;;;;;/h1-4,7-8H;6*1H3;;. The quantitative estimate of drug-likeness (QED) is 0.408. The zero-order valence-corrected chi connectivity index (χ0v) is 20.6. The van der Waals surface area contributed by atoms with Gasteiger partial charge in [0.1, 0.15) is 0 Å². The summed E-state index contributed by atoms with van der Waals surface area (Å²) in [5.41, 5.74) is 0. The Morgan fingerprint density at radius 3 is 1.25 bits per heavy atom. The van der Waals surface area contributed by atoms with Crippen LogP contribution in [0.3, 0.4) is 0 Å². The van der Waals surface area contributed by atoms with E-state index >= 15 is 0 Å². The van der Waals surface area contributed by atoms with E-state index in [9.17, 15) is 0 Å². The number of hydrogen-bond donors (Lipinski definition) is 0. The summed E-state index contributed by atoms with van der Waals surface area (Å²) >= 11 is -0.474. The third-order valence-electron chi connectivity index (χ3n) is 3.29. The van der Waals surface area contributed by atoms with Crippen molar-refractivity contribution in [3.05, 3.63) is 44.8 Å². The molecule has 20 heavy (non-hydrogen) atoms. The molecule has 0 fully saturated rings. The van der Waals surface area contributed by atoms with Gasteiger partial charge in [0.25, 0.3) is 0 Å². The van der Waals surface area contributed by atoms with E-state index in [1.807, 2.05) is 22.7 Å². The molecule has 0 amide bonds. The van der Waals surface area contributed by atoms with Gasteiger partial charge < -0.3 is 0 Å². The van der Waals surface area contributed by atoms with Crippen LogP contribution in [-0.4, -0.2) is 36.8 Å². The van der Waals surface area contributed by atoms with Crippen LogP contribution in [0.1, 0.15) is 9.75 Å². The topological polar surface area (TPSA) is 0 Å². The van der Waals surface area contributed by atoms with E-state index in [4.69, 9.17) is 0 Å².